The lowest BCUT2D eigenvalue weighted by atomic mass is 10.3. The van der Waals surface area contributed by atoms with E-state index >= 15 is 0 Å². The van der Waals surface area contributed by atoms with E-state index in [4.69, 9.17) is 5.73 Å². The molecular formula is C9H10BrN3O3S. The van der Waals surface area contributed by atoms with Crippen molar-refractivity contribution in [1.82, 2.24) is 5.32 Å². The van der Waals surface area contributed by atoms with E-state index in [1.54, 1.807) is 6.92 Å². The SMILES string of the molecule is C[C@@H](Br)C(=O)Nc1cc(C(=O)NC(N)=O)cs1. The van der Waals surface area contributed by atoms with Gasteiger partial charge in [0.2, 0.25) is 5.91 Å². The highest BCUT2D eigenvalue weighted by Crippen LogP contribution is 2.21. The van der Waals surface area contributed by atoms with Gasteiger partial charge in [-0.15, -0.1) is 11.3 Å². The van der Waals surface area contributed by atoms with Gasteiger partial charge in [-0.2, -0.15) is 0 Å². The summed E-state index contributed by atoms with van der Waals surface area (Å²) in [4.78, 5) is 32.9. The van der Waals surface area contributed by atoms with E-state index < -0.39 is 11.9 Å². The first-order valence-electron chi connectivity index (χ1n) is 4.54. The minimum Gasteiger partial charge on any atom is -0.351 e. The Labute approximate surface area is 110 Å². The number of nitrogens with one attached hydrogen (secondary N) is 2. The molecular weight excluding hydrogens is 310 g/mol. The maximum absolute atomic E-state index is 11.4. The van der Waals surface area contributed by atoms with E-state index in [0.29, 0.717) is 5.00 Å². The molecule has 17 heavy (non-hydrogen) atoms. The molecule has 1 atom stereocenters. The number of anilines is 1. The molecule has 0 spiro atoms. The molecule has 8 heteroatoms. The fourth-order valence-electron chi connectivity index (χ4n) is 0.926. The number of thiophene rings is 1. The summed E-state index contributed by atoms with van der Waals surface area (Å²) >= 11 is 4.30. The van der Waals surface area contributed by atoms with Crippen molar-refractivity contribution in [3.05, 3.63) is 17.0 Å². The number of rotatable bonds is 3. The van der Waals surface area contributed by atoms with Crippen LogP contribution in [-0.4, -0.2) is 22.7 Å². The summed E-state index contributed by atoms with van der Waals surface area (Å²) in [6, 6.07) is 0.553. The van der Waals surface area contributed by atoms with Crippen molar-refractivity contribution >= 4 is 50.1 Å². The Bertz CT molecular complexity index is 458. The van der Waals surface area contributed by atoms with Crippen molar-refractivity contribution in [1.29, 1.82) is 0 Å². The van der Waals surface area contributed by atoms with Crippen LogP contribution in [0.5, 0.6) is 0 Å². The van der Waals surface area contributed by atoms with Gasteiger partial charge in [0.1, 0.15) is 0 Å². The van der Waals surface area contributed by atoms with Crippen molar-refractivity contribution in [2.24, 2.45) is 5.73 Å². The summed E-state index contributed by atoms with van der Waals surface area (Å²) in [5.74, 6) is -0.810. The molecule has 1 aromatic heterocycles. The second-order valence-electron chi connectivity index (χ2n) is 3.12. The molecule has 0 aliphatic heterocycles. The lowest BCUT2D eigenvalue weighted by molar-refractivity contribution is -0.115. The highest BCUT2D eigenvalue weighted by Gasteiger charge is 2.13. The first-order valence-corrected chi connectivity index (χ1v) is 6.34. The van der Waals surface area contributed by atoms with Crippen LogP contribution in [0.3, 0.4) is 0 Å². The van der Waals surface area contributed by atoms with Crippen LogP contribution in [0.4, 0.5) is 9.80 Å². The van der Waals surface area contributed by atoms with Gasteiger partial charge in [0.25, 0.3) is 5.91 Å². The number of primary amides is 1. The Balaban J connectivity index is 2.68. The van der Waals surface area contributed by atoms with Gasteiger partial charge in [0.15, 0.2) is 0 Å². The van der Waals surface area contributed by atoms with Crippen molar-refractivity contribution < 1.29 is 14.4 Å². The number of halogens is 1. The Morgan fingerprint density at radius 3 is 2.65 bits per heavy atom. The third-order valence-electron chi connectivity index (χ3n) is 1.71. The monoisotopic (exact) mass is 319 g/mol. The second kappa shape index (κ2) is 5.78. The van der Waals surface area contributed by atoms with Gasteiger partial charge >= 0.3 is 6.03 Å². The van der Waals surface area contributed by atoms with Crippen LogP contribution in [0.1, 0.15) is 17.3 Å². The average Bonchev–Trinajstić information content (AvgIpc) is 2.65. The normalized spacial score (nSPS) is 11.6. The molecule has 92 valence electrons. The number of imide groups is 1. The number of nitrogens with two attached hydrogens (primary N) is 1. The van der Waals surface area contributed by atoms with Crippen LogP contribution in [0.15, 0.2) is 11.4 Å². The third kappa shape index (κ3) is 4.16. The molecule has 0 bridgehead atoms. The van der Waals surface area contributed by atoms with Crippen molar-refractivity contribution in [2.45, 2.75) is 11.8 Å². The quantitative estimate of drug-likeness (QED) is 0.731. The number of amides is 4. The molecule has 0 aliphatic rings. The number of carbonyl (C=O) groups excluding carboxylic acids is 3. The summed E-state index contributed by atoms with van der Waals surface area (Å²) in [6.45, 7) is 1.68. The van der Waals surface area contributed by atoms with E-state index in [2.05, 4.69) is 21.2 Å². The number of alkyl halides is 1. The average molecular weight is 320 g/mol. The van der Waals surface area contributed by atoms with Gasteiger partial charge in [0, 0.05) is 5.38 Å². The van der Waals surface area contributed by atoms with Gasteiger partial charge < -0.3 is 11.1 Å². The fourth-order valence-corrected chi connectivity index (χ4v) is 1.82. The first kappa shape index (κ1) is 13.7. The molecule has 0 saturated carbocycles. The van der Waals surface area contributed by atoms with Crippen molar-refractivity contribution in [2.75, 3.05) is 5.32 Å². The van der Waals surface area contributed by atoms with Crippen LogP contribution in [-0.2, 0) is 4.79 Å². The highest BCUT2D eigenvalue weighted by atomic mass is 79.9. The number of hydrogen-bond donors (Lipinski definition) is 3. The zero-order valence-corrected chi connectivity index (χ0v) is 11.2. The molecule has 0 aromatic carbocycles. The summed E-state index contributed by atoms with van der Waals surface area (Å²) in [5.41, 5.74) is 5.08. The van der Waals surface area contributed by atoms with Gasteiger partial charge in [-0.1, -0.05) is 15.9 Å². The zero-order valence-electron chi connectivity index (χ0n) is 8.82. The smallest absolute Gasteiger partial charge is 0.319 e. The van der Waals surface area contributed by atoms with Crippen molar-refractivity contribution in [3.8, 4) is 0 Å². The predicted octanol–water partition coefficient (Wildman–Crippen LogP) is 1.28. The highest BCUT2D eigenvalue weighted by molar-refractivity contribution is 9.10. The second-order valence-corrected chi connectivity index (χ2v) is 5.41. The standard InChI is InChI=1S/C9H10BrN3O3S/c1-4(10)7(14)12-6-2-5(3-17-6)8(15)13-9(11)16/h2-4H,1H3,(H,12,14)(H3,11,13,15,16)/t4-/m1/s1. The molecule has 0 fully saturated rings. The molecule has 0 unspecified atom stereocenters. The van der Waals surface area contributed by atoms with Crippen LogP contribution in [0.2, 0.25) is 0 Å². The molecule has 4 amide bonds. The van der Waals surface area contributed by atoms with E-state index in [9.17, 15) is 14.4 Å². The van der Waals surface area contributed by atoms with E-state index in [0.717, 1.165) is 0 Å². The van der Waals surface area contributed by atoms with E-state index in [-0.39, 0.29) is 16.3 Å². The Morgan fingerprint density at radius 1 is 1.47 bits per heavy atom. The summed E-state index contributed by atoms with van der Waals surface area (Å²) in [6.07, 6.45) is 0. The molecule has 6 nitrogen and oxygen atoms in total. The summed E-state index contributed by atoms with van der Waals surface area (Å²) < 4.78 is 0. The van der Waals surface area contributed by atoms with E-state index in [1.165, 1.54) is 22.8 Å². The molecule has 1 heterocycles. The van der Waals surface area contributed by atoms with Gasteiger partial charge in [-0.3, -0.25) is 14.9 Å². The summed E-state index contributed by atoms with van der Waals surface area (Å²) in [7, 11) is 0. The molecule has 0 saturated heterocycles. The molecule has 0 aliphatic carbocycles. The van der Waals surface area contributed by atoms with Gasteiger partial charge in [-0.05, 0) is 13.0 Å². The van der Waals surface area contributed by atoms with Crippen LogP contribution in [0, 0.1) is 0 Å². The first-order chi connectivity index (χ1) is 7.90. The van der Waals surface area contributed by atoms with Crippen LogP contribution >= 0.6 is 27.3 Å². The van der Waals surface area contributed by atoms with Gasteiger partial charge in [-0.25, -0.2) is 4.79 Å². The lowest BCUT2D eigenvalue weighted by Crippen LogP contribution is -2.34. The molecule has 4 N–H and O–H groups in total. The third-order valence-corrected chi connectivity index (χ3v) is 2.97. The minimum absolute atomic E-state index is 0.214. The maximum atomic E-state index is 11.4. The molecule has 1 rings (SSSR count). The Kier molecular flexibility index (Phi) is 4.64. The lowest BCUT2D eigenvalue weighted by Gasteiger charge is -2.02. The maximum Gasteiger partial charge on any atom is 0.319 e. The molecule has 0 radical (unpaired) electrons. The van der Waals surface area contributed by atoms with E-state index in [1.807, 2.05) is 5.32 Å². The topological polar surface area (TPSA) is 101 Å². The zero-order chi connectivity index (χ0) is 13.0. The number of carbonyl (C=O) groups is 3. The number of hydrogen-bond acceptors (Lipinski definition) is 4. The summed E-state index contributed by atoms with van der Waals surface area (Å²) in [5, 5.41) is 6.58. The van der Waals surface area contributed by atoms with Crippen molar-refractivity contribution in [3.63, 3.8) is 0 Å². The van der Waals surface area contributed by atoms with Crippen LogP contribution < -0.4 is 16.4 Å². The van der Waals surface area contributed by atoms with Crippen LogP contribution in [0.25, 0.3) is 0 Å². The Hall–Kier alpha value is -1.41. The number of urea groups is 1. The largest absolute Gasteiger partial charge is 0.351 e. The fraction of sp³-hybridized carbons (Fsp3) is 0.222. The Morgan fingerprint density at radius 2 is 2.12 bits per heavy atom. The molecule has 1 aromatic rings. The predicted molar refractivity (Wildman–Crippen MR) is 68.4 cm³/mol. The van der Waals surface area contributed by atoms with Gasteiger partial charge in [0.05, 0.1) is 15.4 Å². The minimum atomic E-state index is -0.916.